The molecule has 2 fully saturated rings. The summed E-state index contributed by atoms with van der Waals surface area (Å²) in [6.07, 6.45) is -5.18. The fourth-order valence-electron chi connectivity index (χ4n) is 5.20. The number of hydrogen-bond acceptors (Lipinski definition) is 6. The molecule has 0 bridgehead atoms. The van der Waals surface area contributed by atoms with Crippen LogP contribution < -0.4 is 15.1 Å². The molecule has 13 heteroatoms. The molecular formula is C27H30F6N6O. The van der Waals surface area contributed by atoms with Crippen LogP contribution in [0.1, 0.15) is 55.5 Å². The number of benzene rings is 1. The van der Waals surface area contributed by atoms with Gasteiger partial charge in [-0.25, -0.2) is 9.97 Å². The minimum atomic E-state index is -4.77. The molecule has 2 aromatic rings. The lowest BCUT2D eigenvalue weighted by Gasteiger charge is -2.33. The molecule has 1 aromatic carbocycles. The molecule has 1 amide bonds. The van der Waals surface area contributed by atoms with Crippen molar-refractivity contribution in [1.29, 1.82) is 5.26 Å². The standard InChI is InChI=1S/C27H30F6N6O/c28-26(29,30)20-7-5-19(6-8-20)9-13-35-24(40)21-4-2-14-39(21)23-17-22(36-25(37-23)27(31,32)33)38-15-10-18(11-16-38)3-1-12-34/h5-8,17-18,21H,1-4,9-11,13-16H2,(H,35,40)/t21-/m0/s1. The normalized spacial score (nSPS) is 18.6. The first-order chi connectivity index (χ1) is 19.0. The van der Waals surface area contributed by atoms with Crippen molar-refractivity contribution in [2.45, 2.75) is 63.3 Å². The Labute approximate surface area is 228 Å². The first kappa shape index (κ1) is 29.4. The van der Waals surface area contributed by atoms with E-state index in [1.807, 2.05) is 0 Å². The first-order valence-corrected chi connectivity index (χ1v) is 13.2. The Morgan fingerprint density at radius 1 is 0.975 bits per heavy atom. The summed E-state index contributed by atoms with van der Waals surface area (Å²) in [5, 5.41) is 11.6. The average molecular weight is 569 g/mol. The summed E-state index contributed by atoms with van der Waals surface area (Å²) in [5.74, 6) is -1.11. The molecule has 0 spiro atoms. The van der Waals surface area contributed by atoms with E-state index < -0.39 is 29.8 Å². The van der Waals surface area contributed by atoms with Crippen molar-refractivity contribution in [3.8, 4) is 6.07 Å². The number of nitriles is 1. The van der Waals surface area contributed by atoms with Gasteiger partial charge in [-0.1, -0.05) is 12.1 Å². The molecule has 0 saturated carbocycles. The second-order valence-corrected chi connectivity index (χ2v) is 10.1. The van der Waals surface area contributed by atoms with Gasteiger partial charge in [0.15, 0.2) is 0 Å². The number of nitrogens with one attached hydrogen (secondary N) is 1. The molecule has 40 heavy (non-hydrogen) atoms. The average Bonchev–Trinajstić information content (AvgIpc) is 3.42. The highest BCUT2D eigenvalue weighted by atomic mass is 19.4. The molecule has 1 N–H and O–H groups in total. The van der Waals surface area contributed by atoms with E-state index in [1.54, 1.807) is 9.80 Å². The highest BCUT2D eigenvalue weighted by Crippen LogP contribution is 2.34. The van der Waals surface area contributed by atoms with Crippen LogP contribution in [0.3, 0.4) is 0 Å². The van der Waals surface area contributed by atoms with Gasteiger partial charge in [0.25, 0.3) is 0 Å². The van der Waals surface area contributed by atoms with E-state index in [2.05, 4.69) is 21.4 Å². The van der Waals surface area contributed by atoms with Gasteiger partial charge in [0.1, 0.15) is 17.7 Å². The number of aromatic nitrogens is 2. The zero-order valence-corrected chi connectivity index (χ0v) is 21.7. The van der Waals surface area contributed by atoms with Gasteiger partial charge in [-0.15, -0.1) is 0 Å². The minimum Gasteiger partial charge on any atom is -0.356 e. The van der Waals surface area contributed by atoms with Crippen LogP contribution in [0, 0.1) is 17.2 Å². The number of carbonyl (C=O) groups excluding carboxylic acids is 1. The zero-order chi connectivity index (χ0) is 28.9. The molecule has 1 aromatic heterocycles. The van der Waals surface area contributed by atoms with Gasteiger partial charge in [-0.05, 0) is 62.1 Å². The first-order valence-electron chi connectivity index (χ1n) is 13.2. The Morgan fingerprint density at radius 3 is 2.27 bits per heavy atom. The maximum Gasteiger partial charge on any atom is 0.451 e. The molecule has 2 aliphatic rings. The van der Waals surface area contributed by atoms with Crippen LogP contribution in [0.2, 0.25) is 0 Å². The monoisotopic (exact) mass is 568 g/mol. The molecule has 1 atom stereocenters. The summed E-state index contributed by atoms with van der Waals surface area (Å²) in [6.45, 7) is 1.54. The number of rotatable bonds is 8. The van der Waals surface area contributed by atoms with Gasteiger partial charge in [-0.3, -0.25) is 4.79 Å². The van der Waals surface area contributed by atoms with Gasteiger partial charge in [0, 0.05) is 38.7 Å². The smallest absolute Gasteiger partial charge is 0.356 e. The van der Waals surface area contributed by atoms with Crippen molar-refractivity contribution in [2.75, 3.05) is 36.0 Å². The van der Waals surface area contributed by atoms with Crippen LogP contribution in [0.15, 0.2) is 30.3 Å². The fraction of sp³-hybridized carbons (Fsp3) is 0.556. The number of anilines is 2. The zero-order valence-electron chi connectivity index (χ0n) is 21.7. The van der Waals surface area contributed by atoms with Crippen molar-refractivity contribution in [3.63, 3.8) is 0 Å². The third-order valence-corrected chi connectivity index (χ3v) is 7.40. The van der Waals surface area contributed by atoms with Gasteiger partial charge >= 0.3 is 12.4 Å². The number of alkyl halides is 6. The maximum absolute atomic E-state index is 13.7. The van der Waals surface area contributed by atoms with Crippen LogP contribution in [-0.2, 0) is 23.6 Å². The van der Waals surface area contributed by atoms with E-state index in [0.29, 0.717) is 56.8 Å². The molecule has 0 aliphatic carbocycles. The van der Waals surface area contributed by atoms with Crippen LogP contribution in [0.5, 0.6) is 0 Å². The van der Waals surface area contributed by atoms with E-state index in [4.69, 9.17) is 5.26 Å². The number of hydrogen-bond donors (Lipinski definition) is 1. The molecule has 2 aliphatic heterocycles. The molecule has 7 nitrogen and oxygen atoms in total. The molecular weight excluding hydrogens is 538 g/mol. The molecule has 4 rings (SSSR count). The third kappa shape index (κ3) is 7.34. The molecule has 2 saturated heterocycles. The van der Waals surface area contributed by atoms with E-state index in [0.717, 1.165) is 31.4 Å². The van der Waals surface area contributed by atoms with Crippen molar-refractivity contribution in [1.82, 2.24) is 15.3 Å². The lowest BCUT2D eigenvalue weighted by Crippen LogP contribution is -2.44. The number of halogens is 6. The summed E-state index contributed by atoms with van der Waals surface area (Å²) in [7, 11) is 0. The lowest BCUT2D eigenvalue weighted by molar-refractivity contribution is -0.144. The molecule has 216 valence electrons. The maximum atomic E-state index is 13.7. The Kier molecular flexibility index (Phi) is 9.05. The van der Waals surface area contributed by atoms with Crippen molar-refractivity contribution in [3.05, 3.63) is 47.3 Å². The van der Waals surface area contributed by atoms with E-state index in [1.165, 1.54) is 18.2 Å². The van der Waals surface area contributed by atoms with Crippen molar-refractivity contribution < 1.29 is 31.1 Å². The lowest BCUT2D eigenvalue weighted by atomic mass is 9.92. The van der Waals surface area contributed by atoms with E-state index in [-0.39, 0.29) is 24.1 Å². The highest BCUT2D eigenvalue weighted by Gasteiger charge is 2.39. The van der Waals surface area contributed by atoms with Crippen molar-refractivity contribution in [2.24, 2.45) is 5.92 Å². The van der Waals surface area contributed by atoms with E-state index >= 15 is 0 Å². The van der Waals surface area contributed by atoms with Gasteiger partial charge < -0.3 is 15.1 Å². The largest absolute Gasteiger partial charge is 0.451 e. The highest BCUT2D eigenvalue weighted by molar-refractivity contribution is 5.85. The van der Waals surface area contributed by atoms with E-state index in [9.17, 15) is 31.1 Å². The molecule has 0 radical (unpaired) electrons. The Hall–Kier alpha value is -3.56. The molecule has 0 unspecified atom stereocenters. The predicted molar refractivity (Wildman–Crippen MR) is 135 cm³/mol. The minimum absolute atomic E-state index is 0.0318. The van der Waals surface area contributed by atoms with Crippen LogP contribution in [-0.4, -0.2) is 48.1 Å². The SMILES string of the molecule is N#CCCC1CCN(c2cc(N3CCC[C@H]3C(=O)NCCc3ccc(C(F)(F)F)cc3)nc(C(F)(F)F)n2)CC1. The summed E-state index contributed by atoms with van der Waals surface area (Å²) >= 11 is 0. The van der Waals surface area contributed by atoms with Crippen LogP contribution >= 0.6 is 0 Å². The predicted octanol–water partition coefficient (Wildman–Crippen LogP) is 5.36. The second kappa shape index (κ2) is 12.3. The second-order valence-electron chi connectivity index (χ2n) is 10.1. The third-order valence-electron chi connectivity index (χ3n) is 7.40. The number of amides is 1. The number of nitrogens with zero attached hydrogens (tertiary/aromatic N) is 5. The topological polar surface area (TPSA) is 85.2 Å². The summed E-state index contributed by atoms with van der Waals surface area (Å²) in [6, 6.07) is 7.56. The van der Waals surface area contributed by atoms with Gasteiger partial charge in [0.05, 0.1) is 11.6 Å². The Balaban J connectivity index is 1.43. The van der Waals surface area contributed by atoms with Crippen molar-refractivity contribution >= 4 is 17.5 Å². The Morgan fingerprint density at radius 2 is 1.65 bits per heavy atom. The van der Waals surface area contributed by atoms with Gasteiger partial charge in [-0.2, -0.15) is 31.6 Å². The van der Waals surface area contributed by atoms with Crippen LogP contribution in [0.4, 0.5) is 38.0 Å². The van der Waals surface area contributed by atoms with Gasteiger partial charge in [0.2, 0.25) is 11.7 Å². The summed E-state index contributed by atoms with van der Waals surface area (Å²) < 4.78 is 79.5. The number of piperidine rings is 1. The number of carbonyl (C=O) groups is 1. The molecule has 3 heterocycles. The quantitative estimate of drug-likeness (QED) is 0.432. The summed E-state index contributed by atoms with van der Waals surface area (Å²) in [5.41, 5.74) is -0.143. The fourth-order valence-corrected chi connectivity index (χ4v) is 5.20. The van der Waals surface area contributed by atoms with Crippen LogP contribution in [0.25, 0.3) is 0 Å². The Bertz CT molecular complexity index is 1200. The summed E-state index contributed by atoms with van der Waals surface area (Å²) in [4.78, 5) is 23.9.